The molecule has 3 aromatic rings. The highest BCUT2D eigenvalue weighted by atomic mass is 35.5. The van der Waals surface area contributed by atoms with Gasteiger partial charge in [-0.05, 0) is 12.1 Å². The Morgan fingerprint density at radius 2 is 1.95 bits per heavy atom. The number of carbonyl (C=O) groups excluding carboxylic acids is 1. The summed E-state index contributed by atoms with van der Waals surface area (Å²) in [6.07, 6.45) is -6.21. The third kappa shape index (κ3) is 7.41. The van der Waals surface area contributed by atoms with Gasteiger partial charge >= 0.3 is 12.2 Å². The van der Waals surface area contributed by atoms with Gasteiger partial charge in [-0.25, -0.2) is 18.6 Å². The summed E-state index contributed by atoms with van der Waals surface area (Å²) in [4.78, 5) is 18.0. The van der Waals surface area contributed by atoms with Crippen molar-refractivity contribution in [1.82, 2.24) is 30.3 Å². The highest BCUT2D eigenvalue weighted by Gasteiger charge is 2.39. The molecule has 3 aromatic heterocycles. The molecule has 17 heteroatoms. The molecule has 0 aromatic carbocycles. The minimum atomic E-state index is -4.71. The fraction of sp³-hybridized carbons (Fsp3) is 0.409. The largest absolute Gasteiger partial charge is 0.471 e. The molecule has 0 radical (unpaired) electrons. The molecule has 0 unspecified atom stereocenters. The summed E-state index contributed by atoms with van der Waals surface area (Å²) in [5, 5.41) is 16.6. The van der Waals surface area contributed by atoms with Crippen molar-refractivity contribution in [2.75, 3.05) is 43.1 Å². The number of hydrogen-bond acceptors (Lipinski definition) is 8. The van der Waals surface area contributed by atoms with Gasteiger partial charge < -0.3 is 25.0 Å². The second kappa shape index (κ2) is 11.9. The van der Waals surface area contributed by atoms with E-state index in [2.05, 4.69) is 30.9 Å². The van der Waals surface area contributed by atoms with Gasteiger partial charge in [0.1, 0.15) is 10.8 Å². The van der Waals surface area contributed by atoms with Gasteiger partial charge in [0.25, 0.3) is 6.43 Å². The molecule has 210 valence electrons. The number of hydrogen-bond donors (Lipinski definition) is 2. The molecule has 1 aliphatic rings. The van der Waals surface area contributed by atoms with Crippen LogP contribution in [-0.4, -0.2) is 70.3 Å². The zero-order valence-electron chi connectivity index (χ0n) is 20.3. The van der Waals surface area contributed by atoms with Gasteiger partial charge in [0.15, 0.2) is 12.3 Å². The van der Waals surface area contributed by atoms with Crippen LogP contribution in [0.5, 0.6) is 5.88 Å². The highest BCUT2D eigenvalue weighted by Crippen LogP contribution is 2.38. The molecule has 0 bridgehead atoms. The number of anilines is 2. The van der Waals surface area contributed by atoms with E-state index in [4.69, 9.17) is 21.1 Å². The normalized spacial score (nSPS) is 14.0. The lowest BCUT2D eigenvalue weighted by Gasteiger charge is -2.30. The van der Waals surface area contributed by atoms with Crippen molar-refractivity contribution >= 4 is 29.0 Å². The van der Waals surface area contributed by atoms with Crippen LogP contribution in [0.3, 0.4) is 0 Å². The Morgan fingerprint density at radius 3 is 2.64 bits per heavy atom. The predicted molar refractivity (Wildman–Crippen MR) is 129 cm³/mol. The first-order chi connectivity index (χ1) is 18.5. The number of morpholine rings is 1. The first-order valence-electron chi connectivity index (χ1n) is 11.4. The number of nitrogens with one attached hydrogen (secondary N) is 2. The van der Waals surface area contributed by atoms with Crippen LogP contribution in [-0.2, 0) is 24.5 Å². The van der Waals surface area contributed by atoms with Gasteiger partial charge in [-0.15, -0.1) is 5.10 Å². The smallest absolute Gasteiger partial charge is 0.435 e. The lowest BCUT2D eigenvalue weighted by atomic mass is 10.1. The number of rotatable bonds is 8. The van der Waals surface area contributed by atoms with Crippen molar-refractivity contribution in [3.05, 3.63) is 40.9 Å². The van der Waals surface area contributed by atoms with E-state index >= 15 is 0 Å². The lowest BCUT2D eigenvalue weighted by molar-refractivity contribution is -0.141. The van der Waals surface area contributed by atoms with Gasteiger partial charge in [0.2, 0.25) is 5.88 Å². The van der Waals surface area contributed by atoms with E-state index in [9.17, 15) is 26.7 Å². The Morgan fingerprint density at radius 1 is 1.21 bits per heavy atom. The van der Waals surface area contributed by atoms with E-state index in [1.807, 2.05) is 4.90 Å². The molecule has 0 aliphatic carbocycles. The monoisotopic (exact) mass is 576 g/mol. The van der Waals surface area contributed by atoms with Crippen molar-refractivity contribution in [2.24, 2.45) is 7.05 Å². The maximum absolute atomic E-state index is 13.7. The quantitative estimate of drug-likeness (QED) is 0.307. The average molecular weight is 577 g/mol. The molecule has 2 amide bonds. The molecule has 4 rings (SSSR count). The first kappa shape index (κ1) is 28.2. The van der Waals surface area contributed by atoms with Crippen molar-refractivity contribution in [2.45, 2.75) is 19.1 Å². The Kier molecular flexibility index (Phi) is 8.64. The molecule has 1 fully saturated rings. The van der Waals surface area contributed by atoms with Gasteiger partial charge in [-0.2, -0.15) is 23.4 Å². The van der Waals surface area contributed by atoms with E-state index in [1.165, 1.54) is 25.4 Å². The number of carbonyl (C=O) groups is 1. The van der Waals surface area contributed by atoms with E-state index in [1.54, 1.807) is 6.07 Å². The van der Waals surface area contributed by atoms with Crippen LogP contribution in [0, 0.1) is 0 Å². The summed E-state index contributed by atoms with van der Waals surface area (Å²) in [7, 11) is 1.38. The number of halogens is 6. The van der Waals surface area contributed by atoms with E-state index in [0.717, 1.165) is 4.68 Å². The maximum Gasteiger partial charge on any atom is 0.435 e. The van der Waals surface area contributed by atoms with Crippen LogP contribution >= 0.6 is 11.6 Å². The summed E-state index contributed by atoms with van der Waals surface area (Å²) in [5.74, 6) is -0.205. The Hall–Kier alpha value is -3.79. The van der Waals surface area contributed by atoms with Crippen molar-refractivity contribution < 1.29 is 36.2 Å². The van der Waals surface area contributed by atoms with E-state index in [-0.39, 0.29) is 40.2 Å². The number of ether oxygens (including phenoxy) is 2. The van der Waals surface area contributed by atoms with Gasteiger partial charge in [-0.1, -0.05) is 11.6 Å². The summed E-state index contributed by atoms with van der Waals surface area (Å²) < 4.78 is 77.0. The lowest BCUT2D eigenvalue weighted by Crippen LogP contribution is -2.37. The molecule has 4 heterocycles. The molecule has 11 nitrogen and oxygen atoms in total. The van der Waals surface area contributed by atoms with Gasteiger partial charge in [-0.3, -0.25) is 4.68 Å². The number of aromatic nitrogens is 5. The molecule has 0 atom stereocenters. The second-order valence-electron chi connectivity index (χ2n) is 8.26. The zero-order valence-corrected chi connectivity index (χ0v) is 21.1. The SMILES string of the molecule is Cn1cc(-c2nnc(CNC(=O)Nc3cc(Cl)nc(OCC(F)F)c3)cc2N2CCOCC2)c(C(F)(F)F)n1. The van der Waals surface area contributed by atoms with Crippen LogP contribution in [0.2, 0.25) is 5.15 Å². The van der Waals surface area contributed by atoms with Crippen LogP contribution in [0.15, 0.2) is 24.4 Å². The standard InChI is InChI=1S/C22H22ClF5N8O3/c1-35-10-14(20(34-35)22(26,27)28)19-15(36-2-4-38-5-3-36)6-13(32-33-19)9-29-21(37)30-12-7-16(23)31-18(8-12)39-11-17(24)25/h6-8,10,17H,2-5,9,11H2,1H3,(H2,29,30,31,37). The molecule has 0 saturated carbocycles. The van der Waals surface area contributed by atoms with Crippen molar-refractivity contribution in [3.8, 4) is 17.1 Å². The number of nitrogens with zero attached hydrogens (tertiary/aromatic N) is 6. The Bertz CT molecular complexity index is 1320. The third-order valence-electron chi connectivity index (χ3n) is 5.34. The number of urea groups is 1. The van der Waals surface area contributed by atoms with Gasteiger partial charge in [0, 0.05) is 32.4 Å². The van der Waals surface area contributed by atoms with Crippen LogP contribution in [0.4, 0.5) is 38.1 Å². The van der Waals surface area contributed by atoms with Crippen LogP contribution in [0.25, 0.3) is 11.3 Å². The number of aryl methyl sites for hydroxylation is 1. The van der Waals surface area contributed by atoms with Crippen molar-refractivity contribution in [1.29, 1.82) is 0 Å². The molecule has 1 aliphatic heterocycles. The number of pyridine rings is 1. The number of amides is 2. The van der Waals surface area contributed by atoms with Crippen LogP contribution < -0.4 is 20.3 Å². The highest BCUT2D eigenvalue weighted by molar-refractivity contribution is 6.29. The summed E-state index contributed by atoms with van der Waals surface area (Å²) in [6.45, 7) is 0.521. The summed E-state index contributed by atoms with van der Waals surface area (Å²) >= 11 is 5.86. The average Bonchev–Trinajstić information content (AvgIpc) is 3.28. The fourth-order valence-electron chi connectivity index (χ4n) is 3.73. The number of alkyl halides is 5. The minimum Gasteiger partial charge on any atom is -0.471 e. The topological polar surface area (TPSA) is 119 Å². The molecule has 39 heavy (non-hydrogen) atoms. The van der Waals surface area contributed by atoms with Crippen LogP contribution in [0.1, 0.15) is 11.4 Å². The fourth-order valence-corrected chi connectivity index (χ4v) is 3.93. The zero-order chi connectivity index (χ0) is 28.2. The van der Waals surface area contributed by atoms with Crippen molar-refractivity contribution in [3.63, 3.8) is 0 Å². The summed E-state index contributed by atoms with van der Waals surface area (Å²) in [5.41, 5.74) is -0.549. The van der Waals surface area contributed by atoms with E-state index in [0.29, 0.717) is 32.0 Å². The maximum atomic E-state index is 13.7. The molecule has 0 spiro atoms. The Labute approximate surface area is 223 Å². The molecular formula is C22H22ClF5N8O3. The Balaban J connectivity index is 1.52. The first-order valence-corrected chi connectivity index (χ1v) is 11.8. The summed E-state index contributed by atoms with van der Waals surface area (Å²) in [6, 6.07) is 3.34. The van der Waals surface area contributed by atoms with E-state index < -0.39 is 30.9 Å². The second-order valence-corrected chi connectivity index (χ2v) is 8.65. The third-order valence-corrected chi connectivity index (χ3v) is 5.54. The molecule has 2 N–H and O–H groups in total. The van der Waals surface area contributed by atoms with Gasteiger partial charge in [0.05, 0.1) is 42.4 Å². The minimum absolute atomic E-state index is 0.00622. The predicted octanol–water partition coefficient (Wildman–Crippen LogP) is 3.75. The molecular weight excluding hydrogens is 555 g/mol. The molecule has 1 saturated heterocycles.